The Bertz CT molecular complexity index is 544. The van der Waals surface area contributed by atoms with Gasteiger partial charge in [-0.05, 0) is 24.6 Å². The average Bonchev–Trinajstić information content (AvgIpc) is 2.33. The minimum Gasteiger partial charge on any atom is -0.326 e. The second-order valence-corrected chi connectivity index (χ2v) is 6.37. The Morgan fingerprint density at radius 2 is 1.90 bits per heavy atom. The molecular formula is C13H21N3O3S. The van der Waals surface area contributed by atoms with E-state index in [1.807, 2.05) is 24.3 Å². The van der Waals surface area contributed by atoms with Crippen LogP contribution in [0.15, 0.2) is 24.3 Å². The Hall–Kier alpha value is -1.44. The maximum atomic E-state index is 11.1. The standard InChI is InChI=1S/C13H21N3O3S/c1-11(17)16-13-7-4-3-6-12(13)10-14-8-5-9-15-20(2,18)19/h3-4,6-7,14-15H,5,8-10H2,1-2H3,(H,16,17). The third kappa shape index (κ3) is 7.22. The van der Waals surface area contributed by atoms with Gasteiger partial charge in [-0.3, -0.25) is 4.79 Å². The van der Waals surface area contributed by atoms with E-state index in [1.54, 1.807) is 0 Å². The minimum absolute atomic E-state index is 0.102. The third-order valence-electron chi connectivity index (χ3n) is 2.54. The van der Waals surface area contributed by atoms with Crippen LogP contribution in [-0.4, -0.2) is 33.7 Å². The molecule has 0 atom stereocenters. The van der Waals surface area contributed by atoms with E-state index in [-0.39, 0.29) is 5.91 Å². The van der Waals surface area contributed by atoms with Gasteiger partial charge in [0.1, 0.15) is 0 Å². The fraction of sp³-hybridized carbons (Fsp3) is 0.462. The Labute approximate surface area is 120 Å². The van der Waals surface area contributed by atoms with Crippen molar-refractivity contribution >= 4 is 21.6 Å². The van der Waals surface area contributed by atoms with E-state index in [2.05, 4.69) is 15.4 Å². The van der Waals surface area contributed by atoms with Crippen LogP contribution in [0, 0.1) is 0 Å². The summed E-state index contributed by atoms with van der Waals surface area (Å²) in [5.41, 5.74) is 1.79. The van der Waals surface area contributed by atoms with Gasteiger partial charge in [-0.1, -0.05) is 18.2 Å². The van der Waals surface area contributed by atoms with Crippen LogP contribution in [0.3, 0.4) is 0 Å². The molecule has 0 unspecified atom stereocenters. The quantitative estimate of drug-likeness (QED) is 0.616. The van der Waals surface area contributed by atoms with E-state index in [4.69, 9.17) is 0 Å². The first-order valence-corrected chi connectivity index (χ1v) is 8.28. The summed E-state index contributed by atoms with van der Waals surface area (Å²) in [5, 5.41) is 5.99. The maximum Gasteiger partial charge on any atom is 0.221 e. The second-order valence-electron chi connectivity index (χ2n) is 4.54. The smallest absolute Gasteiger partial charge is 0.221 e. The first kappa shape index (κ1) is 16.6. The van der Waals surface area contributed by atoms with Crippen molar-refractivity contribution in [1.82, 2.24) is 10.0 Å². The van der Waals surface area contributed by atoms with Crippen molar-refractivity contribution in [2.24, 2.45) is 0 Å². The molecule has 1 aromatic carbocycles. The fourth-order valence-corrected chi connectivity index (χ4v) is 2.20. The zero-order valence-corrected chi connectivity index (χ0v) is 12.6. The van der Waals surface area contributed by atoms with Crippen molar-refractivity contribution in [3.05, 3.63) is 29.8 Å². The monoisotopic (exact) mass is 299 g/mol. The molecule has 0 aliphatic carbocycles. The molecule has 3 N–H and O–H groups in total. The highest BCUT2D eigenvalue weighted by atomic mass is 32.2. The molecule has 7 heteroatoms. The van der Waals surface area contributed by atoms with Crippen LogP contribution in [-0.2, 0) is 21.4 Å². The SMILES string of the molecule is CC(=O)Nc1ccccc1CNCCCNS(C)(=O)=O. The van der Waals surface area contributed by atoms with Crippen LogP contribution < -0.4 is 15.4 Å². The van der Waals surface area contributed by atoms with E-state index in [1.165, 1.54) is 6.92 Å². The first-order chi connectivity index (χ1) is 9.38. The molecule has 6 nitrogen and oxygen atoms in total. The van der Waals surface area contributed by atoms with Crippen molar-refractivity contribution in [3.8, 4) is 0 Å². The second kappa shape index (κ2) is 7.98. The lowest BCUT2D eigenvalue weighted by Gasteiger charge is -2.10. The van der Waals surface area contributed by atoms with Crippen LogP contribution in [0.1, 0.15) is 18.9 Å². The van der Waals surface area contributed by atoms with Gasteiger partial charge in [0.05, 0.1) is 6.26 Å². The molecule has 0 saturated heterocycles. The van der Waals surface area contributed by atoms with E-state index in [0.717, 1.165) is 17.5 Å². The minimum atomic E-state index is -3.11. The molecule has 1 aromatic rings. The van der Waals surface area contributed by atoms with Gasteiger partial charge in [0.25, 0.3) is 0 Å². The molecule has 0 heterocycles. The highest BCUT2D eigenvalue weighted by molar-refractivity contribution is 7.88. The van der Waals surface area contributed by atoms with Crippen molar-refractivity contribution in [1.29, 1.82) is 0 Å². The third-order valence-corrected chi connectivity index (χ3v) is 3.27. The largest absolute Gasteiger partial charge is 0.326 e. The maximum absolute atomic E-state index is 11.1. The number of carbonyl (C=O) groups excluding carboxylic acids is 1. The van der Waals surface area contributed by atoms with Crippen LogP contribution in [0.25, 0.3) is 0 Å². The summed E-state index contributed by atoms with van der Waals surface area (Å²) >= 11 is 0. The number of nitrogens with one attached hydrogen (secondary N) is 3. The molecule has 0 aromatic heterocycles. The molecule has 0 aliphatic rings. The fourth-order valence-electron chi connectivity index (χ4n) is 1.68. The zero-order valence-electron chi connectivity index (χ0n) is 11.8. The summed E-state index contributed by atoms with van der Waals surface area (Å²) in [5.74, 6) is -0.102. The molecule has 0 saturated carbocycles. The van der Waals surface area contributed by atoms with Crippen molar-refractivity contribution in [3.63, 3.8) is 0 Å². The average molecular weight is 299 g/mol. The number of hydrogen-bond donors (Lipinski definition) is 3. The van der Waals surface area contributed by atoms with Gasteiger partial charge in [-0.15, -0.1) is 0 Å². The molecular weight excluding hydrogens is 278 g/mol. The van der Waals surface area contributed by atoms with E-state index in [9.17, 15) is 13.2 Å². The topological polar surface area (TPSA) is 87.3 Å². The number of amides is 1. The molecule has 0 spiro atoms. The highest BCUT2D eigenvalue weighted by Crippen LogP contribution is 2.14. The zero-order chi connectivity index (χ0) is 15.0. The molecule has 112 valence electrons. The lowest BCUT2D eigenvalue weighted by atomic mass is 10.1. The van der Waals surface area contributed by atoms with Crippen molar-refractivity contribution in [2.75, 3.05) is 24.7 Å². The number of rotatable bonds is 8. The number of para-hydroxylation sites is 1. The van der Waals surface area contributed by atoms with E-state index in [0.29, 0.717) is 26.1 Å². The Kier molecular flexibility index (Phi) is 6.63. The van der Waals surface area contributed by atoms with Crippen molar-refractivity contribution in [2.45, 2.75) is 19.9 Å². The Morgan fingerprint density at radius 1 is 1.20 bits per heavy atom. The molecule has 0 bridgehead atoms. The lowest BCUT2D eigenvalue weighted by molar-refractivity contribution is -0.114. The summed E-state index contributed by atoms with van der Waals surface area (Å²) < 4.78 is 24.2. The molecule has 0 radical (unpaired) electrons. The predicted molar refractivity (Wildman–Crippen MR) is 79.9 cm³/mol. The number of hydrogen-bond acceptors (Lipinski definition) is 4. The highest BCUT2D eigenvalue weighted by Gasteiger charge is 2.03. The van der Waals surface area contributed by atoms with Gasteiger partial charge in [0.2, 0.25) is 15.9 Å². The molecule has 1 amide bonds. The Balaban J connectivity index is 2.33. The van der Waals surface area contributed by atoms with Gasteiger partial charge >= 0.3 is 0 Å². The van der Waals surface area contributed by atoms with Crippen LogP contribution in [0.2, 0.25) is 0 Å². The predicted octanol–water partition coefficient (Wildman–Crippen LogP) is 0.674. The van der Waals surface area contributed by atoms with Gasteiger partial charge in [0, 0.05) is 25.7 Å². The van der Waals surface area contributed by atoms with Crippen LogP contribution >= 0.6 is 0 Å². The Morgan fingerprint density at radius 3 is 2.55 bits per heavy atom. The first-order valence-electron chi connectivity index (χ1n) is 6.39. The summed E-state index contributed by atoms with van der Waals surface area (Å²) in [7, 11) is -3.11. The van der Waals surface area contributed by atoms with Crippen LogP contribution in [0.4, 0.5) is 5.69 Å². The molecule has 0 aliphatic heterocycles. The van der Waals surface area contributed by atoms with Gasteiger partial charge in [-0.2, -0.15) is 0 Å². The van der Waals surface area contributed by atoms with E-state index < -0.39 is 10.0 Å². The number of benzene rings is 1. The summed E-state index contributed by atoms with van der Waals surface area (Å²) in [6.07, 6.45) is 1.85. The van der Waals surface area contributed by atoms with Gasteiger partial charge < -0.3 is 10.6 Å². The number of sulfonamides is 1. The van der Waals surface area contributed by atoms with Gasteiger partial charge in [-0.25, -0.2) is 13.1 Å². The summed E-state index contributed by atoms with van der Waals surface area (Å²) in [4.78, 5) is 11.1. The molecule has 0 fully saturated rings. The van der Waals surface area contributed by atoms with E-state index >= 15 is 0 Å². The van der Waals surface area contributed by atoms with Crippen LogP contribution in [0.5, 0.6) is 0 Å². The molecule has 20 heavy (non-hydrogen) atoms. The number of anilines is 1. The van der Waals surface area contributed by atoms with Crippen molar-refractivity contribution < 1.29 is 13.2 Å². The summed E-state index contributed by atoms with van der Waals surface area (Å²) in [6.45, 7) is 3.20. The molecule has 1 rings (SSSR count). The van der Waals surface area contributed by atoms with Gasteiger partial charge in [0.15, 0.2) is 0 Å². The lowest BCUT2D eigenvalue weighted by Crippen LogP contribution is -2.26. The summed E-state index contributed by atoms with van der Waals surface area (Å²) in [6, 6.07) is 7.56. The number of carbonyl (C=O) groups is 1. The normalized spacial score (nSPS) is 11.3.